The zero-order valence-corrected chi connectivity index (χ0v) is 22.1. The van der Waals surface area contributed by atoms with Gasteiger partial charge in [-0.15, -0.1) is 6.58 Å². The van der Waals surface area contributed by atoms with Gasteiger partial charge in [0.05, 0.1) is 0 Å². The number of nitrogens with two attached hydrogens (primary N) is 1. The molecule has 4 rings (SSSR count). The van der Waals surface area contributed by atoms with Gasteiger partial charge in [0.1, 0.15) is 0 Å². The van der Waals surface area contributed by atoms with Gasteiger partial charge in [-0.05, 0) is 81.0 Å². The first-order chi connectivity index (χ1) is 16.9. The highest BCUT2D eigenvalue weighted by molar-refractivity contribution is 5.85. The molecule has 0 bridgehead atoms. The van der Waals surface area contributed by atoms with Gasteiger partial charge in [-0.3, -0.25) is 0 Å². The van der Waals surface area contributed by atoms with Crippen molar-refractivity contribution in [3.63, 3.8) is 0 Å². The highest BCUT2D eigenvalue weighted by Crippen LogP contribution is 2.37. The highest BCUT2D eigenvalue weighted by Gasteiger charge is 2.25. The van der Waals surface area contributed by atoms with Crippen LogP contribution in [0.4, 0.5) is 0 Å². The van der Waals surface area contributed by atoms with Crippen molar-refractivity contribution in [3.05, 3.63) is 84.1 Å². The summed E-state index contributed by atoms with van der Waals surface area (Å²) in [5.74, 6) is 0.367. The van der Waals surface area contributed by atoms with Crippen molar-refractivity contribution in [2.75, 3.05) is 6.54 Å². The van der Waals surface area contributed by atoms with Crippen LogP contribution in [0, 0.1) is 12.3 Å². The monoisotopic (exact) mass is 471 g/mol. The van der Waals surface area contributed by atoms with E-state index in [1.807, 2.05) is 0 Å². The molecule has 1 aliphatic rings. The number of para-hydroxylation sites is 1. The highest BCUT2D eigenvalue weighted by atomic mass is 15.0. The molecule has 2 unspecified atom stereocenters. The Morgan fingerprint density at radius 2 is 1.91 bits per heavy atom. The fourth-order valence-electron chi connectivity index (χ4n) is 5.91. The second-order valence-corrected chi connectivity index (χ2v) is 11.2. The van der Waals surface area contributed by atoms with Crippen LogP contribution in [0.15, 0.2) is 67.4 Å². The van der Waals surface area contributed by atoms with Crippen LogP contribution >= 0.6 is 0 Å². The molecule has 3 nitrogen and oxygen atoms in total. The summed E-state index contributed by atoms with van der Waals surface area (Å²) in [4.78, 5) is 0. The van der Waals surface area contributed by atoms with Crippen molar-refractivity contribution >= 4 is 10.9 Å². The number of hydrogen-bond acceptors (Lipinski definition) is 2. The molecule has 3 N–H and O–H groups in total. The third-order valence-corrected chi connectivity index (χ3v) is 8.32. The van der Waals surface area contributed by atoms with Crippen LogP contribution in [-0.4, -0.2) is 23.2 Å². The summed E-state index contributed by atoms with van der Waals surface area (Å²) < 4.78 is 2.51. The van der Waals surface area contributed by atoms with Gasteiger partial charge in [-0.25, -0.2) is 0 Å². The predicted octanol–water partition coefficient (Wildman–Crippen LogP) is 7.32. The molecule has 0 aliphatic heterocycles. The fraction of sp³-hybridized carbons (Fsp3) is 0.500. The van der Waals surface area contributed by atoms with Crippen LogP contribution in [0.1, 0.15) is 81.4 Å². The number of nitrogens with zero attached hydrogens (tertiary/aromatic N) is 1. The Morgan fingerprint density at radius 1 is 1.14 bits per heavy atom. The quantitative estimate of drug-likeness (QED) is 0.288. The maximum Gasteiger partial charge on any atom is 0.0483 e. The van der Waals surface area contributed by atoms with Gasteiger partial charge in [-0.1, -0.05) is 68.0 Å². The second kappa shape index (κ2) is 11.6. The van der Waals surface area contributed by atoms with Crippen molar-refractivity contribution in [1.82, 2.24) is 9.88 Å². The normalized spacial score (nSPS) is 21.0. The minimum atomic E-state index is 0.211. The van der Waals surface area contributed by atoms with E-state index < -0.39 is 0 Å². The van der Waals surface area contributed by atoms with E-state index in [1.54, 1.807) is 0 Å². The lowest BCUT2D eigenvalue weighted by molar-refractivity contribution is 0.267. The summed E-state index contributed by atoms with van der Waals surface area (Å²) in [5, 5.41) is 5.26. The maximum atomic E-state index is 6.13. The van der Waals surface area contributed by atoms with Gasteiger partial charge in [0.2, 0.25) is 0 Å². The first-order valence-corrected chi connectivity index (χ1v) is 13.7. The van der Waals surface area contributed by atoms with E-state index >= 15 is 0 Å². The largest absolute Gasteiger partial charge is 0.347 e. The number of nitrogens with one attached hydrogen (secondary N) is 1. The van der Waals surface area contributed by atoms with E-state index in [0.29, 0.717) is 18.0 Å². The zero-order valence-electron chi connectivity index (χ0n) is 22.1. The van der Waals surface area contributed by atoms with Gasteiger partial charge < -0.3 is 15.6 Å². The van der Waals surface area contributed by atoms with Gasteiger partial charge in [0.25, 0.3) is 0 Å². The summed E-state index contributed by atoms with van der Waals surface area (Å²) in [6.07, 6.45) is 12.5. The van der Waals surface area contributed by atoms with Crippen LogP contribution < -0.4 is 11.1 Å². The number of rotatable bonds is 11. The predicted molar refractivity (Wildman–Crippen MR) is 151 cm³/mol. The molecule has 1 aliphatic carbocycles. The number of fused-ring (bicyclic) bond motifs is 1. The summed E-state index contributed by atoms with van der Waals surface area (Å²) in [6.45, 7) is 13.0. The molecule has 3 heteroatoms. The van der Waals surface area contributed by atoms with Crippen molar-refractivity contribution < 1.29 is 0 Å². The molecule has 1 saturated carbocycles. The molecule has 2 aromatic carbocycles. The average molecular weight is 472 g/mol. The van der Waals surface area contributed by atoms with Crippen LogP contribution in [-0.2, 0) is 6.54 Å². The Morgan fingerprint density at radius 3 is 2.63 bits per heavy atom. The third-order valence-electron chi connectivity index (χ3n) is 8.32. The lowest BCUT2D eigenvalue weighted by Crippen LogP contribution is -2.38. The van der Waals surface area contributed by atoms with E-state index in [-0.39, 0.29) is 5.41 Å². The first kappa shape index (κ1) is 25.7. The molecule has 0 saturated heterocycles. The van der Waals surface area contributed by atoms with E-state index in [9.17, 15) is 0 Å². The molecule has 188 valence electrons. The van der Waals surface area contributed by atoms with E-state index in [2.05, 4.69) is 98.0 Å². The van der Waals surface area contributed by atoms with Crippen molar-refractivity contribution in [3.8, 4) is 0 Å². The van der Waals surface area contributed by atoms with Gasteiger partial charge in [0, 0.05) is 41.6 Å². The molecule has 1 fully saturated rings. The van der Waals surface area contributed by atoms with Crippen molar-refractivity contribution in [2.24, 2.45) is 11.1 Å². The molecule has 1 heterocycles. The van der Waals surface area contributed by atoms with Gasteiger partial charge in [-0.2, -0.15) is 0 Å². The van der Waals surface area contributed by atoms with E-state index in [0.717, 1.165) is 45.2 Å². The minimum absolute atomic E-state index is 0.211. The molecule has 3 aromatic rings. The van der Waals surface area contributed by atoms with E-state index in [4.69, 9.17) is 5.73 Å². The molecule has 2 atom stereocenters. The van der Waals surface area contributed by atoms with Crippen molar-refractivity contribution in [1.29, 1.82) is 0 Å². The van der Waals surface area contributed by atoms with E-state index in [1.165, 1.54) is 40.4 Å². The third kappa shape index (κ3) is 6.26. The molecule has 0 radical (unpaired) electrons. The molecular formula is C32H45N3. The summed E-state index contributed by atoms with van der Waals surface area (Å²) in [6, 6.07) is 19.1. The first-order valence-electron chi connectivity index (χ1n) is 13.7. The number of aryl methyl sites for hydroxylation is 1. The smallest absolute Gasteiger partial charge is 0.0483 e. The van der Waals surface area contributed by atoms with Crippen LogP contribution in [0.3, 0.4) is 0 Å². The van der Waals surface area contributed by atoms with Crippen LogP contribution in [0.25, 0.3) is 10.9 Å². The Balaban J connectivity index is 1.65. The summed E-state index contributed by atoms with van der Waals surface area (Å²) in [7, 11) is 0. The Labute approximate surface area is 212 Å². The maximum absolute atomic E-state index is 6.13. The average Bonchev–Trinajstić information content (AvgIpc) is 3.21. The number of hydrogen-bond donors (Lipinski definition) is 2. The number of benzene rings is 2. The summed E-state index contributed by atoms with van der Waals surface area (Å²) in [5.41, 5.74) is 11.9. The van der Waals surface area contributed by atoms with Crippen LogP contribution in [0.2, 0.25) is 0 Å². The second-order valence-electron chi connectivity index (χ2n) is 11.2. The standard InChI is InChI=1S/C32H45N3/c1-5-19-32(4,6-2)23-35-22-30(29-12-7-8-13-31(29)35)28(25-11-9-10-24(3)21-25)18-20-34-27-16-14-26(33)15-17-27/h5,7-13,21-22,26-28,34H,1,6,14-20,23,33H2,2-4H3. The zero-order chi connectivity index (χ0) is 24.8. The number of aromatic nitrogens is 1. The van der Waals surface area contributed by atoms with Gasteiger partial charge >= 0.3 is 0 Å². The van der Waals surface area contributed by atoms with Crippen molar-refractivity contribution in [2.45, 2.75) is 90.3 Å². The molecule has 35 heavy (non-hydrogen) atoms. The minimum Gasteiger partial charge on any atom is -0.347 e. The molecule has 0 spiro atoms. The Hall–Kier alpha value is -2.36. The lowest BCUT2D eigenvalue weighted by atomic mass is 9.84. The fourth-order valence-corrected chi connectivity index (χ4v) is 5.91. The molecular weight excluding hydrogens is 426 g/mol. The molecule has 0 amide bonds. The summed E-state index contributed by atoms with van der Waals surface area (Å²) >= 11 is 0. The van der Waals surface area contributed by atoms with Gasteiger partial charge in [0.15, 0.2) is 0 Å². The lowest BCUT2D eigenvalue weighted by Gasteiger charge is -2.28. The Kier molecular flexibility index (Phi) is 8.51. The number of allylic oxidation sites excluding steroid dienone is 1. The SMILES string of the molecule is C=CCC(C)(CC)Cn1cc(C(CCNC2CCC(N)CC2)c2cccc(C)c2)c2ccccc21. The topological polar surface area (TPSA) is 43.0 Å². The van der Waals surface area contributed by atoms with Crippen LogP contribution in [0.5, 0.6) is 0 Å². The molecule has 1 aromatic heterocycles. The Bertz CT molecular complexity index is 1100.